The highest BCUT2D eigenvalue weighted by molar-refractivity contribution is 6.11. The van der Waals surface area contributed by atoms with Crippen LogP contribution in [0.3, 0.4) is 0 Å². The zero-order chi connectivity index (χ0) is 24.2. The molecular formula is C34H40N+. The number of aryl methyl sites for hydroxylation is 3. The van der Waals surface area contributed by atoms with E-state index < -0.39 is 0 Å². The molecule has 1 aromatic heterocycles. The summed E-state index contributed by atoms with van der Waals surface area (Å²) in [6.45, 7) is 6.72. The molecule has 35 heavy (non-hydrogen) atoms. The Balaban J connectivity index is 1.45. The fourth-order valence-corrected chi connectivity index (χ4v) is 7.56. The zero-order valence-electron chi connectivity index (χ0n) is 22.1. The van der Waals surface area contributed by atoms with Crippen molar-refractivity contribution in [2.75, 3.05) is 0 Å². The van der Waals surface area contributed by atoms with E-state index in [1.807, 2.05) is 0 Å². The van der Waals surface area contributed by atoms with Crippen LogP contribution in [0.5, 0.6) is 0 Å². The van der Waals surface area contributed by atoms with Crippen molar-refractivity contribution in [3.63, 3.8) is 0 Å². The summed E-state index contributed by atoms with van der Waals surface area (Å²) in [5, 5.41) is 5.64. The van der Waals surface area contributed by atoms with Crippen LogP contribution in [0.25, 0.3) is 32.8 Å². The minimum atomic E-state index is 0.680. The lowest BCUT2D eigenvalue weighted by Crippen LogP contribution is -2.31. The lowest BCUT2D eigenvalue weighted by atomic mass is 9.62. The number of benzene rings is 3. The molecule has 0 aliphatic heterocycles. The number of rotatable bonds is 2. The van der Waals surface area contributed by atoms with Gasteiger partial charge in [0, 0.05) is 11.5 Å². The molecule has 0 amide bonds. The maximum absolute atomic E-state index is 2.43. The molecule has 6 rings (SSSR count). The predicted molar refractivity (Wildman–Crippen MR) is 149 cm³/mol. The van der Waals surface area contributed by atoms with Crippen LogP contribution in [0, 0.1) is 26.2 Å². The third kappa shape index (κ3) is 3.88. The van der Waals surface area contributed by atoms with Crippen LogP contribution in [0.4, 0.5) is 0 Å². The van der Waals surface area contributed by atoms with Gasteiger partial charge < -0.3 is 0 Å². The lowest BCUT2D eigenvalue weighted by molar-refractivity contribution is -0.659. The quantitative estimate of drug-likeness (QED) is 0.207. The van der Waals surface area contributed by atoms with Gasteiger partial charge in [0.15, 0.2) is 6.20 Å². The van der Waals surface area contributed by atoms with Gasteiger partial charge in [-0.15, -0.1) is 0 Å². The highest BCUT2D eigenvalue weighted by Gasteiger charge is 2.36. The molecule has 0 N–H and O–H groups in total. The molecule has 2 saturated carbocycles. The van der Waals surface area contributed by atoms with Gasteiger partial charge in [-0.3, -0.25) is 0 Å². The largest absolute Gasteiger partial charge is 0.220 e. The summed E-state index contributed by atoms with van der Waals surface area (Å²) in [7, 11) is 2.19. The van der Waals surface area contributed by atoms with E-state index in [-0.39, 0.29) is 0 Å². The van der Waals surface area contributed by atoms with Crippen LogP contribution in [0.15, 0.2) is 54.7 Å². The highest BCUT2D eigenvalue weighted by Crippen LogP contribution is 2.51. The fourth-order valence-electron chi connectivity index (χ4n) is 7.56. The third-order valence-corrected chi connectivity index (χ3v) is 9.68. The Hall–Kier alpha value is -2.67. The van der Waals surface area contributed by atoms with E-state index >= 15 is 0 Å². The van der Waals surface area contributed by atoms with E-state index in [0.717, 1.165) is 0 Å². The molecule has 4 aromatic rings. The molecule has 2 aliphatic rings. The van der Waals surface area contributed by atoms with Crippen molar-refractivity contribution in [2.45, 2.75) is 84.5 Å². The average molecular weight is 463 g/mol. The van der Waals surface area contributed by atoms with Crippen LogP contribution in [-0.2, 0) is 7.05 Å². The maximum Gasteiger partial charge on any atom is 0.220 e. The lowest BCUT2D eigenvalue weighted by Gasteiger charge is -2.43. The Morgan fingerprint density at radius 2 is 1.46 bits per heavy atom. The van der Waals surface area contributed by atoms with Gasteiger partial charge in [0.2, 0.25) is 5.69 Å². The molecule has 0 atom stereocenters. The Bertz CT molecular complexity index is 1410. The van der Waals surface area contributed by atoms with Gasteiger partial charge in [-0.1, -0.05) is 55.2 Å². The summed E-state index contributed by atoms with van der Waals surface area (Å²) in [4.78, 5) is 0. The highest BCUT2D eigenvalue weighted by atomic mass is 14.9. The minimum Gasteiger partial charge on any atom is -0.200 e. The van der Waals surface area contributed by atoms with Gasteiger partial charge in [0.05, 0.1) is 10.9 Å². The molecule has 0 bridgehead atoms. The van der Waals surface area contributed by atoms with Gasteiger partial charge in [-0.25, -0.2) is 4.57 Å². The van der Waals surface area contributed by atoms with Crippen molar-refractivity contribution in [1.82, 2.24) is 0 Å². The molecule has 2 fully saturated rings. The summed E-state index contributed by atoms with van der Waals surface area (Å²) < 4.78 is 2.31. The van der Waals surface area contributed by atoms with Crippen molar-refractivity contribution in [3.05, 3.63) is 77.0 Å². The van der Waals surface area contributed by atoms with Gasteiger partial charge >= 0.3 is 0 Å². The second kappa shape index (κ2) is 8.77. The van der Waals surface area contributed by atoms with Crippen LogP contribution < -0.4 is 4.57 Å². The van der Waals surface area contributed by atoms with Crippen molar-refractivity contribution >= 4 is 21.5 Å². The van der Waals surface area contributed by atoms with Crippen LogP contribution in [0.1, 0.15) is 86.0 Å². The molecule has 2 aliphatic carbocycles. The first-order valence-electron chi connectivity index (χ1n) is 13.9. The van der Waals surface area contributed by atoms with Crippen molar-refractivity contribution < 1.29 is 4.57 Å². The smallest absolute Gasteiger partial charge is 0.200 e. The molecule has 1 nitrogen and oxygen atoms in total. The Labute approximate surface area is 211 Å². The second-order valence-electron chi connectivity index (χ2n) is 11.8. The maximum atomic E-state index is 2.43. The van der Waals surface area contributed by atoms with Gasteiger partial charge in [-0.2, -0.15) is 0 Å². The van der Waals surface area contributed by atoms with E-state index in [0.29, 0.717) is 11.3 Å². The van der Waals surface area contributed by atoms with E-state index in [1.165, 1.54) is 107 Å². The predicted octanol–water partition coefficient (Wildman–Crippen LogP) is 9.02. The summed E-state index contributed by atoms with van der Waals surface area (Å²) in [5.41, 5.74) is 9.04. The molecule has 0 saturated heterocycles. The molecule has 0 radical (unpaired) electrons. The van der Waals surface area contributed by atoms with Crippen LogP contribution in [0.2, 0.25) is 0 Å². The van der Waals surface area contributed by atoms with Crippen molar-refractivity contribution in [3.8, 4) is 11.3 Å². The van der Waals surface area contributed by atoms with Crippen molar-refractivity contribution in [1.29, 1.82) is 0 Å². The first kappa shape index (κ1) is 22.8. The van der Waals surface area contributed by atoms with E-state index in [4.69, 9.17) is 0 Å². The summed E-state index contributed by atoms with van der Waals surface area (Å²) in [6.07, 6.45) is 15.2. The van der Waals surface area contributed by atoms with E-state index in [1.54, 1.807) is 5.56 Å². The van der Waals surface area contributed by atoms with Crippen LogP contribution in [-0.4, -0.2) is 0 Å². The summed E-state index contributed by atoms with van der Waals surface area (Å²) >= 11 is 0. The topological polar surface area (TPSA) is 3.88 Å². The van der Waals surface area contributed by atoms with E-state index in [9.17, 15) is 0 Å². The van der Waals surface area contributed by atoms with Gasteiger partial charge in [0.1, 0.15) is 7.05 Å². The monoisotopic (exact) mass is 462 g/mol. The normalized spacial score (nSPS) is 18.5. The average Bonchev–Trinajstić information content (AvgIpc) is 2.87. The molecular weight excluding hydrogens is 422 g/mol. The zero-order valence-corrected chi connectivity index (χ0v) is 22.1. The molecule has 3 aromatic carbocycles. The SMILES string of the molecule is Cc1cc(C)c(C)c(-c2c3ccc4c(C5CCC6(CCCCC6)CC5)cccc4c3cc[n+]2C)c1. The Kier molecular flexibility index (Phi) is 5.71. The fraction of sp³-hybridized carbons (Fsp3) is 0.441. The number of nitrogens with zero attached hydrogens (tertiary/aromatic N) is 1. The number of hydrogen-bond donors (Lipinski definition) is 0. The number of fused-ring (bicyclic) bond motifs is 3. The van der Waals surface area contributed by atoms with Gasteiger partial charge in [0.25, 0.3) is 0 Å². The van der Waals surface area contributed by atoms with Crippen molar-refractivity contribution in [2.24, 2.45) is 12.5 Å². The summed E-state index contributed by atoms with van der Waals surface area (Å²) in [5.74, 6) is 0.713. The van der Waals surface area contributed by atoms with Gasteiger partial charge in [-0.05, 0) is 110 Å². The van der Waals surface area contributed by atoms with E-state index in [2.05, 4.69) is 87.1 Å². The van der Waals surface area contributed by atoms with Crippen LogP contribution >= 0.6 is 0 Å². The number of hydrogen-bond acceptors (Lipinski definition) is 0. The molecule has 180 valence electrons. The molecule has 0 unspecified atom stereocenters. The number of pyridine rings is 1. The first-order valence-corrected chi connectivity index (χ1v) is 13.9. The molecule has 1 spiro atoms. The standard InChI is InChI=1S/C34H40N/c1-23-21-24(2)25(3)32(22-23)33-31-12-11-29-27(9-8-10-28(29)30(31)15-20-35(33)4)26-13-18-34(19-14-26)16-6-5-7-17-34/h8-12,15,20-22,26H,5-7,13-14,16-19H2,1-4H3/q+1. The Morgan fingerprint density at radius 1 is 0.743 bits per heavy atom. The Morgan fingerprint density at radius 3 is 2.23 bits per heavy atom. The molecule has 1 heterocycles. The number of aromatic nitrogens is 1. The summed E-state index contributed by atoms with van der Waals surface area (Å²) in [6, 6.07) is 18.9. The minimum absolute atomic E-state index is 0.680. The molecule has 1 heteroatoms. The third-order valence-electron chi connectivity index (χ3n) is 9.68. The second-order valence-corrected chi connectivity index (χ2v) is 11.8. The first-order chi connectivity index (χ1) is 17.0.